The van der Waals surface area contributed by atoms with Gasteiger partial charge in [-0.05, 0) is 30.2 Å². The number of aryl methyl sites for hydroxylation is 1. The molecule has 0 saturated heterocycles. The molecule has 0 fully saturated rings. The van der Waals surface area contributed by atoms with Crippen molar-refractivity contribution in [3.05, 3.63) is 34.0 Å². The van der Waals surface area contributed by atoms with Crippen LogP contribution in [-0.2, 0) is 24.8 Å². The van der Waals surface area contributed by atoms with E-state index in [4.69, 9.17) is 9.73 Å². The Kier molecular flexibility index (Phi) is 7.79. The molecule has 2 heterocycles. The summed E-state index contributed by atoms with van der Waals surface area (Å²) in [7, 11) is 3.71. The van der Waals surface area contributed by atoms with E-state index in [2.05, 4.69) is 59.1 Å². The van der Waals surface area contributed by atoms with Gasteiger partial charge in [0.05, 0.1) is 6.10 Å². The molecule has 7 nitrogen and oxygen atoms in total. The zero-order chi connectivity index (χ0) is 19.9. The van der Waals surface area contributed by atoms with Gasteiger partial charge in [0.15, 0.2) is 11.8 Å². The zero-order valence-corrected chi connectivity index (χ0v) is 18.1. The van der Waals surface area contributed by atoms with Crippen LogP contribution >= 0.6 is 11.3 Å². The molecule has 2 aromatic heterocycles. The van der Waals surface area contributed by atoms with Crippen molar-refractivity contribution < 1.29 is 4.74 Å². The van der Waals surface area contributed by atoms with Gasteiger partial charge in [0, 0.05) is 32.1 Å². The van der Waals surface area contributed by atoms with Crippen LogP contribution in [0.3, 0.4) is 0 Å². The molecule has 0 aliphatic carbocycles. The third-order valence-corrected chi connectivity index (χ3v) is 5.45. The first-order valence-corrected chi connectivity index (χ1v) is 10.1. The second-order valence-electron chi connectivity index (χ2n) is 7.61. The molecule has 2 N–H and O–H groups in total. The first kappa shape index (κ1) is 21.4. The molecule has 1 unspecified atom stereocenters. The summed E-state index contributed by atoms with van der Waals surface area (Å²) in [5, 5.41) is 17.2. The van der Waals surface area contributed by atoms with Gasteiger partial charge in [-0.25, -0.2) is 4.99 Å². The minimum absolute atomic E-state index is 0.0462. The number of nitrogens with one attached hydrogen (secondary N) is 2. The lowest BCUT2D eigenvalue weighted by Crippen LogP contribution is -2.45. The summed E-state index contributed by atoms with van der Waals surface area (Å²) in [6.45, 7) is 10.4. The normalized spacial score (nSPS) is 13.6. The Morgan fingerprint density at radius 2 is 2.11 bits per heavy atom. The Morgan fingerprint density at radius 1 is 1.33 bits per heavy atom. The summed E-state index contributed by atoms with van der Waals surface area (Å²) in [6, 6.07) is 4.23. The third kappa shape index (κ3) is 6.62. The summed E-state index contributed by atoms with van der Waals surface area (Å²) < 4.78 is 7.60. The van der Waals surface area contributed by atoms with Crippen molar-refractivity contribution >= 4 is 17.3 Å². The van der Waals surface area contributed by atoms with Gasteiger partial charge in [0.2, 0.25) is 0 Å². The van der Waals surface area contributed by atoms with Crippen molar-refractivity contribution in [2.75, 3.05) is 20.2 Å². The fraction of sp³-hybridized carbons (Fsp3) is 0.632. The van der Waals surface area contributed by atoms with Crippen LogP contribution in [-0.4, -0.2) is 47.0 Å². The molecule has 8 heteroatoms. The summed E-state index contributed by atoms with van der Waals surface area (Å²) in [5.41, 5.74) is 0.0462. The maximum atomic E-state index is 5.64. The predicted molar refractivity (Wildman–Crippen MR) is 111 cm³/mol. The summed E-state index contributed by atoms with van der Waals surface area (Å²) >= 11 is 1.77. The van der Waals surface area contributed by atoms with E-state index in [1.54, 1.807) is 18.4 Å². The smallest absolute Gasteiger partial charge is 0.191 e. The van der Waals surface area contributed by atoms with E-state index in [-0.39, 0.29) is 11.5 Å². The Hall–Kier alpha value is -1.93. The summed E-state index contributed by atoms with van der Waals surface area (Å²) in [4.78, 5) is 6.05. The number of hydrogen-bond donors (Lipinski definition) is 2. The second-order valence-corrected chi connectivity index (χ2v) is 8.65. The third-order valence-electron chi connectivity index (χ3n) is 4.51. The highest BCUT2D eigenvalue weighted by Gasteiger charge is 2.24. The van der Waals surface area contributed by atoms with Crippen molar-refractivity contribution in [3.63, 3.8) is 0 Å². The molecule has 150 valence electrons. The average molecular weight is 393 g/mol. The molecule has 0 radical (unpaired) electrons. The van der Waals surface area contributed by atoms with Gasteiger partial charge in [-0.3, -0.25) is 0 Å². The van der Waals surface area contributed by atoms with E-state index in [1.165, 1.54) is 4.88 Å². The monoisotopic (exact) mass is 392 g/mol. The van der Waals surface area contributed by atoms with E-state index in [1.807, 2.05) is 18.5 Å². The number of ether oxygens (including phenoxy) is 1. The number of thiophene rings is 1. The fourth-order valence-corrected chi connectivity index (χ4v) is 3.31. The van der Waals surface area contributed by atoms with Crippen LogP contribution in [0.2, 0.25) is 0 Å². The predicted octanol–water partition coefficient (Wildman–Crippen LogP) is 2.52. The summed E-state index contributed by atoms with van der Waals surface area (Å²) in [6.07, 6.45) is 1.05. The van der Waals surface area contributed by atoms with Crippen LogP contribution in [0, 0.1) is 12.3 Å². The lowest BCUT2D eigenvalue weighted by atomic mass is 9.89. The highest BCUT2D eigenvalue weighted by Crippen LogP contribution is 2.20. The Balaban J connectivity index is 1.99. The van der Waals surface area contributed by atoms with Crippen molar-refractivity contribution in [1.82, 2.24) is 25.4 Å². The van der Waals surface area contributed by atoms with Gasteiger partial charge < -0.3 is 19.9 Å². The maximum Gasteiger partial charge on any atom is 0.191 e. The number of hydrogen-bond acceptors (Lipinski definition) is 5. The van der Waals surface area contributed by atoms with E-state index in [0.29, 0.717) is 13.1 Å². The number of guanidine groups is 1. The standard InChI is InChI=1S/C19H32N6OS/c1-14-23-24-17(25(14)5)13-22-18(20-10-9-15-8-7-11-27-15)21-12-16(26-6)19(2,3)4/h7-8,11,16H,9-10,12-13H2,1-6H3,(H2,20,21,22). The SMILES string of the molecule is COC(CNC(=NCc1nnc(C)n1C)NCCc1cccs1)C(C)(C)C. The van der Waals surface area contributed by atoms with Gasteiger partial charge in [0.25, 0.3) is 0 Å². The van der Waals surface area contributed by atoms with Gasteiger partial charge in [-0.2, -0.15) is 0 Å². The Labute approximate surface area is 166 Å². The molecular weight excluding hydrogens is 360 g/mol. The number of aromatic nitrogens is 3. The van der Waals surface area contributed by atoms with Crippen molar-refractivity contribution in [1.29, 1.82) is 0 Å². The van der Waals surface area contributed by atoms with E-state index >= 15 is 0 Å². The molecule has 0 aromatic carbocycles. The van der Waals surface area contributed by atoms with Crippen molar-refractivity contribution in [2.24, 2.45) is 17.5 Å². The molecule has 0 saturated carbocycles. The van der Waals surface area contributed by atoms with Crippen LogP contribution < -0.4 is 10.6 Å². The molecule has 0 bridgehead atoms. The first-order valence-electron chi connectivity index (χ1n) is 9.23. The lowest BCUT2D eigenvalue weighted by Gasteiger charge is -2.30. The molecule has 0 aliphatic heterocycles. The molecule has 0 aliphatic rings. The van der Waals surface area contributed by atoms with E-state index < -0.39 is 0 Å². The van der Waals surface area contributed by atoms with Crippen LogP contribution in [0.4, 0.5) is 0 Å². The van der Waals surface area contributed by atoms with Gasteiger partial charge in [0.1, 0.15) is 12.4 Å². The fourth-order valence-electron chi connectivity index (χ4n) is 2.60. The number of methoxy groups -OCH3 is 1. The lowest BCUT2D eigenvalue weighted by molar-refractivity contribution is 0.0205. The van der Waals surface area contributed by atoms with Crippen LogP contribution in [0.5, 0.6) is 0 Å². The van der Waals surface area contributed by atoms with Gasteiger partial charge in [-0.15, -0.1) is 21.5 Å². The first-order chi connectivity index (χ1) is 12.8. The van der Waals surface area contributed by atoms with Crippen LogP contribution in [0.1, 0.15) is 37.3 Å². The Bertz CT molecular complexity index is 717. The molecular formula is C19H32N6OS. The van der Waals surface area contributed by atoms with Crippen molar-refractivity contribution in [2.45, 2.75) is 46.8 Å². The van der Waals surface area contributed by atoms with Gasteiger partial charge in [-0.1, -0.05) is 26.8 Å². The van der Waals surface area contributed by atoms with Crippen molar-refractivity contribution in [3.8, 4) is 0 Å². The van der Waals surface area contributed by atoms with Crippen LogP contribution in [0.25, 0.3) is 0 Å². The molecule has 0 amide bonds. The zero-order valence-electron chi connectivity index (χ0n) is 17.2. The quantitative estimate of drug-likeness (QED) is 0.533. The highest BCUT2D eigenvalue weighted by atomic mass is 32.1. The van der Waals surface area contributed by atoms with E-state index in [0.717, 1.165) is 30.6 Å². The van der Waals surface area contributed by atoms with Crippen LogP contribution in [0.15, 0.2) is 22.5 Å². The molecule has 2 rings (SSSR count). The molecule has 1 atom stereocenters. The minimum atomic E-state index is 0.0462. The highest BCUT2D eigenvalue weighted by molar-refractivity contribution is 7.09. The summed E-state index contributed by atoms with van der Waals surface area (Å²) in [5.74, 6) is 2.48. The average Bonchev–Trinajstić information content (AvgIpc) is 3.23. The topological polar surface area (TPSA) is 76.4 Å². The molecule has 27 heavy (non-hydrogen) atoms. The number of nitrogens with zero attached hydrogens (tertiary/aromatic N) is 4. The number of rotatable bonds is 8. The van der Waals surface area contributed by atoms with Gasteiger partial charge >= 0.3 is 0 Å². The second kappa shape index (κ2) is 9.85. The molecule has 0 spiro atoms. The largest absolute Gasteiger partial charge is 0.379 e. The minimum Gasteiger partial charge on any atom is -0.379 e. The molecule has 2 aromatic rings. The maximum absolute atomic E-state index is 5.64. The number of aliphatic imine (C=N–C) groups is 1. The van der Waals surface area contributed by atoms with E-state index in [9.17, 15) is 0 Å². The Morgan fingerprint density at radius 3 is 2.67 bits per heavy atom.